The lowest BCUT2D eigenvalue weighted by molar-refractivity contribution is -0.141. The number of pyridine rings is 1. The zero-order chi connectivity index (χ0) is 15.1. The molecule has 0 radical (unpaired) electrons. The highest BCUT2D eigenvalue weighted by atomic mass is 127. The summed E-state index contributed by atoms with van der Waals surface area (Å²) in [7, 11) is 0. The van der Waals surface area contributed by atoms with Crippen LogP contribution in [0.4, 0.5) is 13.2 Å². The van der Waals surface area contributed by atoms with E-state index < -0.39 is 11.9 Å². The molecular formula is C12H4Cl3F3IN. The molecule has 2 rings (SSSR count). The smallest absolute Gasteiger partial charge is 0.237 e. The molecule has 0 aliphatic heterocycles. The molecule has 0 saturated carbocycles. The van der Waals surface area contributed by atoms with Crippen LogP contribution >= 0.6 is 57.4 Å². The minimum atomic E-state index is -4.53. The van der Waals surface area contributed by atoms with Crippen molar-refractivity contribution in [3.63, 3.8) is 0 Å². The topological polar surface area (TPSA) is 12.9 Å². The molecular weight excluding hydrogens is 448 g/mol. The summed E-state index contributed by atoms with van der Waals surface area (Å²) in [5.74, 6) is 0. The monoisotopic (exact) mass is 451 g/mol. The Labute approximate surface area is 141 Å². The number of aromatic nitrogens is 1. The molecule has 0 amide bonds. The normalized spacial score (nSPS) is 11.8. The standard InChI is InChI=1S/C12H4Cl3F3IN/c13-7-4-9(15)8(14)3-6(7)5-1-10(12(16,17)18)20-11(19)2-5/h1-4H. The van der Waals surface area contributed by atoms with Crippen LogP contribution in [0.1, 0.15) is 5.69 Å². The van der Waals surface area contributed by atoms with E-state index in [1.165, 1.54) is 18.2 Å². The van der Waals surface area contributed by atoms with Crippen LogP contribution in [-0.2, 0) is 6.18 Å². The predicted octanol–water partition coefficient (Wildman–Crippen LogP) is 6.33. The molecule has 0 spiro atoms. The second kappa shape index (κ2) is 5.87. The molecule has 0 N–H and O–H groups in total. The van der Waals surface area contributed by atoms with Gasteiger partial charge in [-0.15, -0.1) is 0 Å². The Bertz CT molecular complexity index is 674. The van der Waals surface area contributed by atoms with Gasteiger partial charge in [-0.05, 0) is 52.4 Å². The molecule has 0 aliphatic rings. The summed E-state index contributed by atoms with van der Waals surface area (Å²) >= 11 is 19.4. The fourth-order valence-electron chi connectivity index (χ4n) is 1.54. The number of alkyl halides is 3. The van der Waals surface area contributed by atoms with Gasteiger partial charge in [0.2, 0.25) is 0 Å². The first-order valence-corrected chi connectivity index (χ1v) is 7.29. The van der Waals surface area contributed by atoms with E-state index in [4.69, 9.17) is 34.8 Å². The first-order valence-electron chi connectivity index (χ1n) is 5.08. The molecule has 0 unspecified atom stereocenters. The number of hydrogen-bond acceptors (Lipinski definition) is 1. The van der Waals surface area contributed by atoms with Crippen LogP contribution in [0.3, 0.4) is 0 Å². The van der Waals surface area contributed by atoms with E-state index in [9.17, 15) is 13.2 Å². The van der Waals surface area contributed by atoms with E-state index >= 15 is 0 Å². The minimum Gasteiger partial charge on any atom is -0.237 e. The van der Waals surface area contributed by atoms with Crippen LogP contribution in [0.15, 0.2) is 24.3 Å². The van der Waals surface area contributed by atoms with E-state index in [2.05, 4.69) is 4.98 Å². The molecule has 106 valence electrons. The van der Waals surface area contributed by atoms with E-state index in [0.29, 0.717) is 5.56 Å². The van der Waals surface area contributed by atoms with Crippen molar-refractivity contribution in [2.45, 2.75) is 6.18 Å². The van der Waals surface area contributed by atoms with Gasteiger partial charge >= 0.3 is 6.18 Å². The van der Waals surface area contributed by atoms with Gasteiger partial charge in [-0.25, -0.2) is 4.98 Å². The Morgan fingerprint density at radius 1 is 0.900 bits per heavy atom. The number of benzene rings is 1. The van der Waals surface area contributed by atoms with E-state index in [-0.39, 0.29) is 24.3 Å². The van der Waals surface area contributed by atoms with Gasteiger partial charge in [-0.1, -0.05) is 34.8 Å². The molecule has 1 heterocycles. The van der Waals surface area contributed by atoms with Gasteiger partial charge in [0.05, 0.1) is 10.0 Å². The van der Waals surface area contributed by atoms with Crippen LogP contribution in [0, 0.1) is 3.70 Å². The number of rotatable bonds is 1. The van der Waals surface area contributed by atoms with Crippen LogP contribution in [0.5, 0.6) is 0 Å². The summed E-state index contributed by atoms with van der Waals surface area (Å²) in [5, 5.41) is 0.668. The number of nitrogens with zero attached hydrogens (tertiary/aromatic N) is 1. The second-order valence-electron chi connectivity index (χ2n) is 3.81. The Morgan fingerprint density at radius 3 is 2.10 bits per heavy atom. The maximum atomic E-state index is 12.8. The van der Waals surface area contributed by atoms with Gasteiger partial charge < -0.3 is 0 Å². The number of hydrogen-bond donors (Lipinski definition) is 0. The fourth-order valence-corrected chi connectivity index (χ4v) is 2.79. The Morgan fingerprint density at radius 2 is 1.50 bits per heavy atom. The van der Waals surface area contributed by atoms with E-state index in [1.807, 2.05) is 0 Å². The van der Waals surface area contributed by atoms with E-state index in [1.54, 1.807) is 22.6 Å². The highest BCUT2D eigenvalue weighted by molar-refractivity contribution is 14.1. The first-order chi connectivity index (χ1) is 9.18. The highest BCUT2D eigenvalue weighted by Gasteiger charge is 2.33. The Balaban J connectivity index is 2.64. The summed E-state index contributed by atoms with van der Waals surface area (Å²) in [6, 6.07) is 5.23. The third-order valence-electron chi connectivity index (χ3n) is 2.41. The van der Waals surface area contributed by atoms with Gasteiger partial charge in [0.15, 0.2) is 0 Å². The Kier molecular flexibility index (Phi) is 4.73. The van der Waals surface area contributed by atoms with Crippen molar-refractivity contribution >= 4 is 57.4 Å². The van der Waals surface area contributed by atoms with Crippen molar-refractivity contribution in [3.8, 4) is 11.1 Å². The molecule has 0 aliphatic carbocycles. The first kappa shape index (κ1) is 16.1. The molecule has 1 aromatic heterocycles. The SMILES string of the molecule is FC(F)(F)c1cc(-c2cc(Cl)c(Cl)cc2Cl)cc(I)n1. The maximum absolute atomic E-state index is 12.8. The van der Waals surface area contributed by atoms with Crippen molar-refractivity contribution in [2.75, 3.05) is 0 Å². The third kappa shape index (κ3) is 3.50. The summed E-state index contributed by atoms with van der Waals surface area (Å²) < 4.78 is 38.5. The summed E-state index contributed by atoms with van der Waals surface area (Å²) in [4.78, 5) is 3.46. The average Bonchev–Trinajstić information content (AvgIpc) is 2.32. The summed E-state index contributed by atoms with van der Waals surface area (Å²) in [5.41, 5.74) is -0.339. The molecule has 2 aromatic rings. The Hall–Kier alpha value is -0.240. The predicted molar refractivity (Wildman–Crippen MR) is 82.4 cm³/mol. The largest absolute Gasteiger partial charge is 0.433 e. The lowest BCUT2D eigenvalue weighted by Crippen LogP contribution is -2.09. The van der Waals surface area contributed by atoms with Gasteiger partial charge in [-0.2, -0.15) is 13.2 Å². The molecule has 1 aromatic carbocycles. The fraction of sp³-hybridized carbons (Fsp3) is 0.0833. The van der Waals surface area contributed by atoms with Crippen LogP contribution in [-0.4, -0.2) is 4.98 Å². The lowest BCUT2D eigenvalue weighted by Gasteiger charge is -2.11. The zero-order valence-electron chi connectivity index (χ0n) is 9.40. The highest BCUT2D eigenvalue weighted by Crippen LogP contribution is 2.37. The zero-order valence-corrected chi connectivity index (χ0v) is 13.8. The minimum absolute atomic E-state index is 0.203. The molecule has 0 bridgehead atoms. The van der Waals surface area contributed by atoms with Gasteiger partial charge in [0, 0.05) is 10.6 Å². The van der Waals surface area contributed by atoms with Crippen molar-refractivity contribution in [3.05, 3.63) is 48.7 Å². The molecule has 8 heteroatoms. The molecule has 0 fully saturated rings. The van der Waals surface area contributed by atoms with Crippen LogP contribution in [0.25, 0.3) is 11.1 Å². The third-order valence-corrected chi connectivity index (χ3v) is 3.99. The number of halogens is 7. The lowest BCUT2D eigenvalue weighted by atomic mass is 10.1. The quantitative estimate of drug-likeness (QED) is 0.280. The molecule has 20 heavy (non-hydrogen) atoms. The van der Waals surface area contributed by atoms with Crippen molar-refractivity contribution < 1.29 is 13.2 Å². The molecule has 0 atom stereocenters. The van der Waals surface area contributed by atoms with Crippen molar-refractivity contribution in [1.82, 2.24) is 4.98 Å². The van der Waals surface area contributed by atoms with Crippen LogP contribution < -0.4 is 0 Å². The molecule has 1 nitrogen and oxygen atoms in total. The van der Waals surface area contributed by atoms with Crippen molar-refractivity contribution in [2.24, 2.45) is 0 Å². The second-order valence-corrected chi connectivity index (χ2v) is 6.13. The van der Waals surface area contributed by atoms with Gasteiger partial charge in [-0.3, -0.25) is 0 Å². The van der Waals surface area contributed by atoms with E-state index in [0.717, 1.165) is 6.07 Å². The maximum Gasteiger partial charge on any atom is 0.433 e. The molecule has 0 saturated heterocycles. The average molecular weight is 452 g/mol. The van der Waals surface area contributed by atoms with Crippen molar-refractivity contribution in [1.29, 1.82) is 0 Å². The summed E-state index contributed by atoms with van der Waals surface area (Å²) in [6.07, 6.45) is -4.53. The van der Waals surface area contributed by atoms with Gasteiger partial charge in [0.1, 0.15) is 9.39 Å². The van der Waals surface area contributed by atoms with Gasteiger partial charge in [0.25, 0.3) is 0 Å². The summed E-state index contributed by atoms with van der Waals surface area (Å²) in [6.45, 7) is 0. The van der Waals surface area contributed by atoms with Crippen LogP contribution in [0.2, 0.25) is 15.1 Å².